The van der Waals surface area contributed by atoms with Crippen molar-refractivity contribution >= 4 is 29.1 Å². The topological polar surface area (TPSA) is 51.8 Å². The lowest BCUT2D eigenvalue weighted by Crippen LogP contribution is -1.85. The molecule has 2 aromatic rings. The Bertz CT molecular complexity index is 461. The molecule has 0 radical (unpaired) electrons. The Kier molecular flexibility index (Phi) is 3.08. The lowest BCUT2D eigenvalue weighted by Gasteiger charge is -2.03. The van der Waals surface area contributed by atoms with Gasteiger partial charge < -0.3 is 5.73 Å². The van der Waals surface area contributed by atoms with Gasteiger partial charge in [-0.2, -0.15) is 0 Å². The molecule has 0 amide bonds. The molecule has 0 saturated heterocycles. The SMILES string of the molecule is Nc1ccc(Sc2cnccn2)c(Cl)c1. The van der Waals surface area contributed by atoms with Crippen LogP contribution >= 0.6 is 23.4 Å². The van der Waals surface area contributed by atoms with E-state index < -0.39 is 0 Å². The van der Waals surface area contributed by atoms with Gasteiger partial charge in [0.1, 0.15) is 5.03 Å². The minimum atomic E-state index is 0.630. The van der Waals surface area contributed by atoms with E-state index in [0.29, 0.717) is 10.7 Å². The Morgan fingerprint density at radius 1 is 1.27 bits per heavy atom. The molecule has 0 bridgehead atoms. The van der Waals surface area contributed by atoms with Crippen molar-refractivity contribution in [1.82, 2.24) is 9.97 Å². The van der Waals surface area contributed by atoms with Crippen LogP contribution in [0.5, 0.6) is 0 Å². The third kappa shape index (κ3) is 2.61. The number of rotatable bonds is 2. The Morgan fingerprint density at radius 3 is 2.80 bits per heavy atom. The van der Waals surface area contributed by atoms with Crippen molar-refractivity contribution in [3.8, 4) is 0 Å². The first-order valence-corrected chi connectivity index (χ1v) is 5.44. The second kappa shape index (κ2) is 4.51. The maximum Gasteiger partial charge on any atom is 0.119 e. The van der Waals surface area contributed by atoms with Gasteiger partial charge in [-0.15, -0.1) is 0 Å². The average Bonchev–Trinajstić information content (AvgIpc) is 2.24. The summed E-state index contributed by atoms with van der Waals surface area (Å²) >= 11 is 7.49. The minimum Gasteiger partial charge on any atom is -0.399 e. The summed E-state index contributed by atoms with van der Waals surface area (Å²) in [6.45, 7) is 0. The Balaban J connectivity index is 2.25. The van der Waals surface area contributed by atoms with Crippen molar-refractivity contribution in [2.45, 2.75) is 9.92 Å². The number of halogens is 1. The summed E-state index contributed by atoms with van der Waals surface area (Å²) in [5.41, 5.74) is 6.26. The molecule has 0 atom stereocenters. The lowest BCUT2D eigenvalue weighted by molar-refractivity contribution is 1.05. The number of benzene rings is 1. The van der Waals surface area contributed by atoms with Crippen molar-refractivity contribution in [1.29, 1.82) is 0 Å². The van der Waals surface area contributed by atoms with Gasteiger partial charge in [-0.25, -0.2) is 4.98 Å². The average molecular weight is 238 g/mol. The van der Waals surface area contributed by atoms with Gasteiger partial charge in [-0.05, 0) is 18.2 Å². The van der Waals surface area contributed by atoms with E-state index in [9.17, 15) is 0 Å². The largest absolute Gasteiger partial charge is 0.399 e. The van der Waals surface area contributed by atoms with Crippen LogP contribution in [0.25, 0.3) is 0 Å². The number of nitrogen functional groups attached to an aromatic ring is 1. The maximum atomic E-state index is 6.03. The summed E-state index contributed by atoms with van der Waals surface area (Å²) in [5.74, 6) is 0. The van der Waals surface area contributed by atoms with E-state index in [1.165, 1.54) is 11.8 Å². The monoisotopic (exact) mass is 237 g/mol. The summed E-state index contributed by atoms with van der Waals surface area (Å²) in [6.07, 6.45) is 4.97. The normalized spacial score (nSPS) is 10.2. The van der Waals surface area contributed by atoms with Crippen LogP contribution in [0, 0.1) is 0 Å². The summed E-state index contributed by atoms with van der Waals surface area (Å²) in [6, 6.07) is 5.40. The van der Waals surface area contributed by atoms with E-state index in [1.807, 2.05) is 12.1 Å². The summed E-state index contributed by atoms with van der Waals surface area (Å²) < 4.78 is 0. The van der Waals surface area contributed by atoms with Gasteiger partial charge in [0.05, 0.1) is 11.2 Å². The van der Waals surface area contributed by atoms with E-state index >= 15 is 0 Å². The molecule has 1 heterocycles. The summed E-state index contributed by atoms with van der Waals surface area (Å²) in [7, 11) is 0. The van der Waals surface area contributed by atoms with E-state index in [4.69, 9.17) is 17.3 Å². The fourth-order valence-corrected chi connectivity index (χ4v) is 2.10. The van der Waals surface area contributed by atoms with Gasteiger partial charge in [0.25, 0.3) is 0 Å². The van der Waals surface area contributed by atoms with Gasteiger partial charge >= 0.3 is 0 Å². The molecule has 0 saturated carbocycles. The zero-order valence-corrected chi connectivity index (χ0v) is 9.29. The van der Waals surface area contributed by atoms with Crippen LogP contribution in [0.15, 0.2) is 46.7 Å². The van der Waals surface area contributed by atoms with E-state index in [-0.39, 0.29) is 0 Å². The second-order valence-electron chi connectivity index (χ2n) is 2.84. The number of nitrogens with two attached hydrogens (primary N) is 1. The molecule has 5 heteroatoms. The van der Waals surface area contributed by atoms with Crippen molar-refractivity contribution in [3.05, 3.63) is 41.8 Å². The van der Waals surface area contributed by atoms with E-state index in [2.05, 4.69) is 9.97 Å². The number of anilines is 1. The van der Waals surface area contributed by atoms with Crippen molar-refractivity contribution in [3.63, 3.8) is 0 Å². The third-order valence-electron chi connectivity index (χ3n) is 1.71. The summed E-state index contributed by atoms with van der Waals surface area (Å²) in [5, 5.41) is 1.44. The fraction of sp³-hybridized carbons (Fsp3) is 0. The number of nitrogens with zero attached hydrogens (tertiary/aromatic N) is 2. The van der Waals surface area contributed by atoms with Crippen LogP contribution < -0.4 is 5.73 Å². The van der Waals surface area contributed by atoms with Crippen LogP contribution in [-0.4, -0.2) is 9.97 Å². The first kappa shape index (κ1) is 10.3. The van der Waals surface area contributed by atoms with Crippen LogP contribution in [0.3, 0.4) is 0 Å². The second-order valence-corrected chi connectivity index (χ2v) is 4.30. The van der Waals surface area contributed by atoms with Crippen LogP contribution in [0.1, 0.15) is 0 Å². The molecule has 15 heavy (non-hydrogen) atoms. The fourth-order valence-electron chi connectivity index (χ4n) is 1.05. The molecular formula is C10H8ClN3S. The highest BCUT2D eigenvalue weighted by Crippen LogP contribution is 2.32. The Hall–Kier alpha value is -1.26. The molecule has 76 valence electrons. The molecule has 0 aliphatic heterocycles. The summed E-state index contributed by atoms with van der Waals surface area (Å²) in [4.78, 5) is 9.05. The highest BCUT2D eigenvalue weighted by molar-refractivity contribution is 7.99. The molecule has 0 fully saturated rings. The first-order chi connectivity index (χ1) is 7.25. The van der Waals surface area contributed by atoms with Gasteiger partial charge in [0.15, 0.2) is 0 Å². The van der Waals surface area contributed by atoms with E-state index in [0.717, 1.165) is 9.92 Å². The molecule has 1 aromatic carbocycles. The quantitative estimate of drug-likeness (QED) is 0.816. The molecule has 1 aromatic heterocycles. The molecule has 2 N–H and O–H groups in total. The Labute approximate surface area is 96.7 Å². The van der Waals surface area contributed by atoms with Crippen molar-refractivity contribution in [2.75, 3.05) is 5.73 Å². The highest BCUT2D eigenvalue weighted by atomic mass is 35.5. The minimum absolute atomic E-state index is 0.630. The smallest absolute Gasteiger partial charge is 0.119 e. The van der Waals surface area contributed by atoms with Crippen LogP contribution in [0.2, 0.25) is 5.02 Å². The molecule has 0 spiro atoms. The molecule has 3 nitrogen and oxygen atoms in total. The predicted octanol–water partition coefficient (Wildman–Crippen LogP) is 2.86. The van der Waals surface area contributed by atoms with Gasteiger partial charge in [0, 0.05) is 23.0 Å². The van der Waals surface area contributed by atoms with Gasteiger partial charge in [0.2, 0.25) is 0 Å². The molecular weight excluding hydrogens is 230 g/mol. The standard InChI is InChI=1S/C10H8ClN3S/c11-8-5-7(12)1-2-9(8)15-10-6-13-3-4-14-10/h1-6H,12H2. The molecule has 0 unspecified atom stereocenters. The Morgan fingerprint density at radius 2 is 2.13 bits per heavy atom. The first-order valence-electron chi connectivity index (χ1n) is 4.24. The predicted molar refractivity (Wildman–Crippen MR) is 62.0 cm³/mol. The van der Waals surface area contributed by atoms with Crippen molar-refractivity contribution < 1.29 is 0 Å². The molecule has 0 aliphatic rings. The van der Waals surface area contributed by atoms with Crippen LogP contribution in [0.4, 0.5) is 5.69 Å². The van der Waals surface area contributed by atoms with E-state index in [1.54, 1.807) is 24.7 Å². The molecule has 0 aliphatic carbocycles. The van der Waals surface area contributed by atoms with Crippen LogP contribution in [-0.2, 0) is 0 Å². The number of hydrogen-bond donors (Lipinski definition) is 1. The lowest BCUT2D eigenvalue weighted by atomic mass is 10.3. The third-order valence-corrected chi connectivity index (χ3v) is 3.13. The zero-order valence-electron chi connectivity index (χ0n) is 7.72. The highest BCUT2D eigenvalue weighted by Gasteiger charge is 2.03. The number of hydrogen-bond acceptors (Lipinski definition) is 4. The van der Waals surface area contributed by atoms with Gasteiger partial charge in [-0.1, -0.05) is 23.4 Å². The molecule has 2 rings (SSSR count). The van der Waals surface area contributed by atoms with Crippen molar-refractivity contribution in [2.24, 2.45) is 0 Å². The maximum absolute atomic E-state index is 6.03. The number of aromatic nitrogens is 2. The van der Waals surface area contributed by atoms with Gasteiger partial charge in [-0.3, -0.25) is 4.98 Å². The zero-order chi connectivity index (χ0) is 10.7.